The lowest BCUT2D eigenvalue weighted by Crippen LogP contribution is -2.50. The number of rotatable bonds is 8. The van der Waals surface area contributed by atoms with E-state index in [1.807, 2.05) is 19.9 Å². The van der Waals surface area contributed by atoms with E-state index in [1.54, 1.807) is 37.3 Å². The van der Waals surface area contributed by atoms with E-state index < -0.39 is 24.9 Å². The SMILES string of the molecule is CCC(C)(NP(=O)(COC)N1C(=O)/C(=C\c2[nH]c(C)cc2C)c2ccccc21)C(=O)O. The van der Waals surface area contributed by atoms with Gasteiger partial charge in [-0.3, -0.25) is 14.2 Å². The first-order valence-electron chi connectivity index (χ1n) is 9.99. The minimum atomic E-state index is -3.82. The van der Waals surface area contributed by atoms with Crippen LogP contribution in [0.25, 0.3) is 11.6 Å². The first-order valence-corrected chi connectivity index (χ1v) is 11.8. The fraction of sp³-hybridized carbons (Fsp3) is 0.364. The van der Waals surface area contributed by atoms with Gasteiger partial charge in [-0.05, 0) is 51.0 Å². The number of hydrogen-bond acceptors (Lipinski definition) is 4. The summed E-state index contributed by atoms with van der Waals surface area (Å²) in [5, 5.41) is 12.5. The van der Waals surface area contributed by atoms with Crippen molar-refractivity contribution in [1.82, 2.24) is 10.1 Å². The predicted molar refractivity (Wildman–Crippen MR) is 121 cm³/mol. The number of para-hydroxylation sites is 1. The van der Waals surface area contributed by atoms with Crippen LogP contribution >= 0.6 is 7.44 Å². The van der Waals surface area contributed by atoms with E-state index in [0.717, 1.165) is 17.0 Å². The molecule has 0 spiro atoms. The number of carboxylic acids is 1. The molecule has 3 N–H and O–H groups in total. The van der Waals surface area contributed by atoms with E-state index in [0.29, 0.717) is 16.8 Å². The molecule has 3 rings (SSSR count). The molecule has 1 aromatic heterocycles. The molecule has 1 aliphatic rings. The van der Waals surface area contributed by atoms with Gasteiger partial charge in [-0.15, -0.1) is 0 Å². The minimum absolute atomic E-state index is 0.170. The number of nitrogens with zero attached hydrogens (tertiary/aromatic N) is 1. The molecule has 1 amide bonds. The maximum absolute atomic E-state index is 14.1. The Hall–Kier alpha value is -2.67. The minimum Gasteiger partial charge on any atom is -0.480 e. The molecule has 8 nitrogen and oxygen atoms in total. The van der Waals surface area contributed by atoms with Crippen molar-refractivity contribution < 1.29 is 24.0 Å². The van der Waals surface area contributed by atoms with E-state index in [1.165, 1.54) is 18.7 Å². The molecule has 2 unspecified atom stereocenters. The molecule has 2 aromatic rings. The van der Waals surface area contributed by atoms with Crippen molar-refractivity contribution in [2.24, 2.45) is 0 Å². The zero-order valence-electron chi connectivity index (χ0n) is 18.4. The highest BCUT2D eigenvalue weighted by atomic mass is 31.2. The number of methoxy groups -OCH3 is 1. The molecule has 166 valence electrons. The summed E-state index contributed by atoms with van der Waals surface area (Å²) in [4.78, 5) is 28.7. The first kappa shape index (κ1) is 23.0. The largest absolute Gasteiger partial charge is 0.480 e. The van der Waals surface area contributed by atoms with Crippen LogP contribution in [0.3, 0.4) is 0 Å². The molecule has 0 saturated carbocycles. The quantitative estimate of drug-likeness (QED) is 0.416. The number of ether oxygens (including phenoxy) is 1. The van der Waals surface area contributed by atoms with Gasteiger partial charge in [0, 0.05) is 24.1 Å². The number of fused-ring (bicyclic) bond motifs is 1. The second kappa shape index (κ2) is 8.46. The molecule has 0 fully saturated rings. The number of amides is 1. The summed E-state index contributed by atoms with van der Waals surface area (Å²) in [6, 6.07) is 9.02. The van der Waals surface area contributed by atoms with Gasteiger partial charge >= 0.3 is 5.97 Å². The molecule has 1 aliphatic heterocycles. The maximum Gasteiger partial charge on any atom is 0.324 e. The highest BCUT2D eigenvalue weighted by Gasteiger charge is 2.48. The highest BCUT2D eigenvalue weighted by Crippen LogP contribution is 2.56. The molecule has 0 radical (unpaired) electrons. The monoisotopic (exact) mass is 445 g/mol. The molecule has 0 saturated heterocycles. The summed E-state index contributed by atoms with van der Waals surface area (Å²) in [5.41, 5.74) is 2.71. The van der Waals surface area contributed by atoms with Crippen LogP contribution in [0.15, 0.2) is 30.3 Å². The Morgan fingerprint density at radius 2 is 2.03 bits per heavy atom. The number of anilines is 1. The van der Waals surface area contributed by atoms with Gasteiger partial charge in [0.1, 0.15) is 11.9 Å². The molecule has 1 aromatic carbocycles. The summed E-state index contributed by atoms with van der Waals surface area (Å²) < 4.78 is 20.5. The lowest BCUT2D eigenvalue weighted by Gasteiger charge is -2.35. The molecule has 31 heavy (non-hydrogen) atoms. The van der Waals surface area contributed by atoms with Crippen LogP contribution < -0.4 is 9.76 Å². The Kier molecular flexibility index (Phi) is 6.28. The van der Waals surface area contributed by atoms with E-state index in [2.05, 4.69) is 10.1 Å². The number of aryl methyl sites for hydroxylation is 2. The molecule has 2 heterocycles. The second-order valence-electron chi connectivity index (χ2n) is 7.96. The number of aromatic nitrogens is 1. The lowest BCUT2D eigenvalue weighted by atomic mass is 10.0. The molecular formula is C22H28N3O5P. The number of benzene rings is 1. The van der Waals surface area contributed by atoms with Gasteiger partial charge in [-0.25, -0.2) is 9.76 Å². The van der Waals surface area contributed by atoms with Crippen LogP contribution in [0.1, 0.15) is 42.8 Å². The zero-order chi connectivity index (χ0) is 23.0. The van der Waals surface area contributed by atoms with Crippen LogP contribution in [0.4, 0.5) is 5.69 Å². The number of H-pyrrole nitrogens is 1. The van der Waals surface area contributed by atoms with Crippen LogP contribution in [0.2, 0.25) is 0 Å². The molecule has 0 aliphatic carbocycles. The Morgan fingerprint density at radius 1 is 1.35 bits per heavy atom. The average Bonchev–Trinajstić information content (AvgIpc) is 3.17. The summed E-state index contributed by atoms with van der Waals surface area (Å²) in [6.45, 7) is 7.00. The van der Waals surface area contributed by atoms with Crippen LogP contribution in [-0.2, 0) is 18.9 Å². The van der Waals surface area contributed by atoms with Crippen LogP contribution in [0.5, 0.6) is 0 Å². The summed E-state index contributed by atoms with van der Waals surface area (Å²) in [5.74, 6) is -1.62. The van der Waals surface area contributed by atoms with E-state index >= 15 is 0 Å². The standard InChI is InChI=1S/C22H28N3O5P/c1-6-22(4,21(27)28)24-31(29,13-30-5)25-19-10-8-7-9-16(19)17(20(25)26)12-18-14(2)11-15(3)23-18/h7-12,23H,6,13H2,1-5H3,(H,24,29)(H,27,28)/b17-12-. The topological polar surface area (TPSA) is 112 Å². The van der Waals surface area contributed by atoms with Crippen molar-refractivity contribution in [3.63, 3.8) is 0 Å². The maximum atomic E-state index is 14.1. The van der Waals surface area contributed by atoms with Crippen LogP contribution in [0, 0.1) is 13.8 Å². The Labute approximate surface area is 181 Å². The van der Waals surface area contributed by atoms with E-state index in [9.17, 15) is 19.3 Å². The van der Waals surface area contributed by atoms with Crippen molar-refractivity contribution in [2.75, 3.05) is 18.1 Å². The Morgan fingerprint density at radius 3 is 2.58 bits per heavy atom. The van der Waals surface area contributed by atoms with Gasteiger partial charge in [0.2, 0.25) is 0 Å². The third-order valence-corrected chi connectivity index (χ3v) is 8.05. The van der Waals surface area contributed by atoms with Crippen LogP contribution in [-0.4, -0.2) is 41.0 Å². The van der Waals surface area contributed by atoms with E-state index in [4.69, 9.17) is 4.74 Å². The number of nitrogens with one attached hydrogen (secondary N) is 2. The van der Waals surface area contributed by atoms with Gasteiger partial charge in [0.05, 0.1) is 11.3 Å². The number of hydrogen-bond donors (Lipinski definition) is 3. The highest BCUT2D eigenvalue weighted by molar-refractivity contribution is 7.64. The fourth-order valence-electron chi connectivity index (χ4n) is 3.71. The lowest BCUT2D eigenvalue weighted by molar-refractivity contribution is -0.143. The number of carbonyl (C=O) groups excluding carboxylic acids is 1. The van der Waals surface area contributed by atoms with Gasteiger partial charge in [-0.1, -0.05) is 25.1 Å². The molecule has 2 atom stereocenters. The molecular weight excluding hydrogens is 417 g/mol. The first-order chi connectivity index (χ1) is 14.6. The number of carbonyl (C=O) groups is 2. The number of aliphatic carboxylic acids is 1. The van der Waals surface area contributed by atoms with Gasteiger partial charge in [-0.2, -0.15) is 0 Å². The third-order valence-electron chi connectivity index (χ3n) is 5.55. The number of carboxylic acid groups (broad SMARTS) is 1. The van der Waals surface area contributed by atoms with Crippen molar-refractivity contribution in [3.05, 3.63) is 52.8 Å². The van der Waals surface area contributed by atoms with Crippen molar-refractivity contribution in [1.29, 1.82) is 0 Å². The second-order valence-corrected chi connectivity index (χ2v) is 10.2. The van der Waals surface area contributed by atoms with E-state index in [-0.39, 0.29) is 12.8 Å². The van der Waals surface area contributed by atoms with Crippen molar-refractivity contribution in [2.45, 2.75) is 39.7 Å². The smallest absolute Gasteiger partial charge is 0.324 e. The number of aromatic amines is 1. The molecule has 0 bridgehead atoms. The summed E-state index contributed by atoms with van der Waals surface area (Å²) in [6.07, 6.45) is 1.59. The molecule has 9 heteroatoms. The Bertz CT molecular complexity index is 1110. The normalized spacial score (nSPS) is 18.7. The summed E-state index contributed by atoms with van der Waals surface area (Å²) >= 11 is 0. The third kappa shape index (κ3) is 4.11. The van der Waals surface area contributed by atoms with Crippen molar-refractivity contribution in [3.8, 4) is 0 Å². The van der Waals surface area contributed by atoms with Gasteiger partial charge < -0.3 is 14.8 Å². The zero-order valence-corrected chi connectivity index (χ0v) is 19.2. The van der Waals surface area contributed by atoms with Gasteiger partial charge in [0.25, 0.3) is 13.4 Å². The summed E-state index contributed by atoms with van der Waals surface area (Å²) in [7, 11) is -2.45. The van der Waals surface area contributed by atoms with Crippen molar-refractivity contribution >= 4 is 36.7 Å². The Balaban J connectivity index is 2.16. The fourth-order valence-corrected chi connectivity index (χ4v) is 6.29. The van der Waals surface area contributed by atoms with Gasteiger partial charge in [0.15, 0.2) is 0 Å². The predicted octanol–water partition coefficient (Wildman–Crippen LogP) is 4.16. The average molecular weight is 445 g/mol.